The number of carbonyl (C=O) groups is 1. The van der Waals surface area contributed by atoms with Crippen molar-refractivity contribution in [3.63, 3.8) is 0 Å². The lowest BCUT2D eigenvalue weighted by Gasteiger charge is -2.24. The van der Waals surface area contributed by atoms with E-state index in [1.54, 1.807) is 18.2 Å². The molecule has 4 rings (SSSR count). The van der Waals surface area contributed by atoms with Crippen LogP contribution in [0.2, 0.25) is 0 Å². The Balaban J connectivity index is 2.08. The van der Waals surface area contributed by atoms with Crippen molar-refractivity contribution >= 4 is 66.6 Å². The Labute approximate surface area is 203 Å². The first-order valence-corrected chi connectivity index (χ1v) is 11.7. The molecule has 0 spiro atoms. The van der Waals surface area contributed by atoms with Crippen LogP contribution >= 0.6 is 43.2 Å². The highest BCUT2D eigenvalue weighted by Crippen LogP contribution is 2.36. The molecule has 160 valence electrons. The number of thiazole rings is 1. The Morgan fingerprint density at radius 2 is 1.75 bits per heavy atom. The Bertz CT molecular complexity index is 1480. The topological polar surface area (TPSA) is 98.1 Å². The predicted molar refractivity (Wildman–Crippen MR) is 131 cm³/mol. The van der Waals surface area contributed by atoms with Crippen LogP contribution in [0.4, 0.5) is 0 Å². The van der Waals surface area contributed by atoms with Gasteiger partial charge >= 0.3 is 5.97 Å². The molecule has 0 fully saturated rings. The molecule has 1 atom stereocenters. The van der Waals surface area contributed by atoms with Crippen molar-refractivity contribution in [1.82, 2.24) is 4.57 Å². The lowest BCUT2D eigenvalue weighted by Crippen LogP contribution is -2.40. The summed E-state index contributed by atoms with van der Waals surface area (Å²) in [4.78, 5) is 26.1. The fourth-order valence-corrected chi connectivity index (χ4v) is 5.25. The maximum atomic E-state index is 13.2. The summed E-state index contributed by atoms with van der Waals surface area (Å²) in [6, 6.07) is 16.8. The van der Waals surface area contributed by atoms with E-state index in [1.165, 1.54) is 11.7 Å². The molecule has 6 nitrogen and oxygen atoms in total. The summed E-state index contributed by atoms with van der Waals surface area (Å²) in [5.41, 5.74) is 7.76. The van der Waals surface area contributed by atoms with Gasteiger partial charge < -0.3 is 10.5 Å². The van der Waals surface area contributed by atoms with Gasteiger partial charge in [0.1, 0.15) is 10.5 Å². The third-order valence-electron chi connectivity index (χ3n) is 5.05. The lowest BCUT2D eigenvalue weighted by molar-refractivity contribution is -0.134. The van der Waals surface area contributed by atoms with Crippen LogP contribution in [-0.4, -0.2) is 17.6 Å². The number of aromatic nitrogens is 1. The zero-order valence-corrected chi connectivity index (χ0v) is 20.6. The van der Waals surface area contributed by atoms with Crippen molar-refractivity contribution < 1.29 is 9.53 Å². The number of carbonyl (C=O) groups excluding carboxylic acids is 1. The molecular weight excluding hydrogens is 558 g/mol. The molecule has 0 bridgehead atoms. The van der Waals surface area contributed by atoms with Crippen molar-refractivity contribution in [3.05, 3.63) is 93.7 Å². The number of methoxy groups -OCH3 is 1. The number of hydrogen-bond acceptors (Lipinski definition) is 6. The number of halogens is 2. The van der Waals surface area contributed by atoms with Gasteiger partial charge in [-0.25, -0.2) is 4.79 Å². The molecule has 2 heterocycles. The number of fused-ring (bicyclic) bond motifs is 1. The van der Waals surface area contributed by atoms with Crippen LogP contribution in [0.15, 0.2) is 67.8 Å². The van der Waals surface area contributed by atoms with Crippen molar-refractivity contribution in [2.24, 2.45) is 5.73 Å². The molecule has 1 aliphatic heterocycles. The van der Waals surface area contributed by atoms with E-state index in [-0.39, 0.29) is 17.0 Å². The molecule has 0 amide bonds. The number of ether oxygens (including phenoxy) is 1. The number of allylic oxidation sites excluding steroid dienone is 1. The molecule has 32 heavy (non-hydrogen) atoms. The van der Waals surface area contributed by atoms with Gasteiger partial charge in [0, 0.05) is 8.95 Å². The highest BCUT2D eigenvalue weighted by molar-refractivity contribution is 9.10. The fraction of sp³-hybridized carbons (Fsp3) is 0.0870. The van der Waals surface area contributed by atoms with Crippen LogP contribution in [0, 0.1) is 11.3 Å². The minimum absolute atomic E-state index is 0.0137. The van der Waals surface area contributed by atoms with Crippen LogP contribution in [-0.2, 0) is 9.53 Å². The van der Waals surface area contributed by atoms with Gasteiger partial charge in [-0.15, -0.1) is 11.3 Å². The second kappa shape index (κ2) is 8.90. The highest BCUT2D eigenvalue weighted by Gasteiger charge is 2.36. The summed E-state index contributed by atoms with van der Waals surface area (Å²) < 4.78 is 8.80. The van der Waals surface area contributed by atoms with E-state index < -0.39 is 17.4 Å². The average molecular weight is 573 g/mol. The smallest absolute Gasteiger partial charge is 0.337 e. The summed E-state index contributed by atoms with van der Waals surface area (Å²) in [6.45, 7) is 0. The summed E-state index contributed by atoms with van der Waals surface area (Å²) in [7, 11) is 1.27. The van der Waals surface area contributed by atoms with E-state index in [0.717, 1.165) is 25.8 Å². The van der Waals surface area contributed by atoms with Gasteiger partial charge in [-0.3, -0.25) is 9.36 Å². The minimum atomic E-state index is -0.751. The number of rotatable bonds is 3. The number of nitrogens with two attached hydrogens (primary N) is 1. The number of benzene rings is 2. The van der Waals surface area contributed by atoms with Crippen molar-refractivity contribution in [2.75, 3.05) is 7.11 Å². The summed E-state index contributed by atoms with van der Waals surface area (Å²) in [5.74, 6) is -1.36. The van der Waals surface area contributed by atoms with E-state index >= 15 is 0 Å². The van der Waals surface area contributed by atoms with E-state index in [9.17, 15) is 14.9 Å². The van der Waals surface area contributed by atoms with Crippen molar-refractivity contribution in [2.45, 2.75) is 5.92 Å². The highest BCUT2D eigenvalue weighted by atomic mass is 79.9. The Kier molecular flexibility index (Phi) is 6.20. The number of hydrogen-bond donors (Lipinski definition) is 1. The Hall–Kier alpha value is -2.93. The van der Waals surface area contributed by atoms with Crippen LogP contribution in [0.1, 0.15) is 17.0 Å². The Morgan fingerprint density at radius 1 is 1.16 bits per heavy atom. The molecular formula is C23H15Br2N3O3S. The number of nitriles is 1. The van der Waals surface area contributed by atoms with Gasteiger partial charge in [-0.05, 0) is 41.5 Å². The maximum Gasteiger partial charge on any atom is 0.337 e. The fourth-order valence-electron chi connectivity index (χ4n) is 3.55. The van der Waals surface area contributed by atoms with Gasteiger partial charge in [0.2, 0.25) is 0 Å². The lowest BCUT2D eigenvalue weighted by atomic mass is 9.84. The van der Waals surface area contributed by atoms with E-state index in [2.05, 4.69) is 37.9 Å². The Morgan fingerprint density at radius 3 is 2.31 bits per heavy atom. The summed E-state index contributed by atoms with van der Waals surface area (Å²) in [6.07, 6.45) is 1.73. The third kappa shape index (κ3) is 3.86. The van der Waals surface area contributed by atoms with Crippen LogP contribution < -0.4 is 20.5 Å². The van der Waals surface area contributed by atoms with Gasteiger partial charge in [0.15, 0.2) is 0 Å². The molecule has 0 radical (unpaired) electrons. The van der Waals surface area contributed by atoms with Gasteiger partial charge in [-0.1, -0.05) is 56.1 Å². The first kappa shape index (κ1) is 22.3. The number of esters is 1. The zero-order chi connectivity index (χ0) is 23.0. The molecule has 0 aliphatic carbocycles. The zero-order valence-electron chi connectivity index (χ0n) is 16.6. The molecule has 3 aromatic rings. The quantitative estimate of drug-likeness (QED) is 0.486. The first-order valence-electron chi connectivity index (χ1n) is 9.33. The third-order valence-corrected chi connectivity index (χ3v) is 7.21. The molecule has 0 saturated carbocycles. The van der Waals surface area contributed by atoms with Gasteiger partial charge in [0.25, 0.3) is 5.56 Å². The molecule has 1 aliphatic rings. The molecule has 0 saturated heterocycles. The molecule has 9 heteroatoms. The first-order chi connectivity index (χ1) is 15.3. The van der Waals surface area contributed by atoms with Crippen molar-refractivity contribution in [3.8, 4) is 6.07 Å². The monoisotopic (exact) mass is 571 g/mol. The van der Waals surface area contributed by atoms with Crippen LogP contribution in [0.5, 0.6) is 0 Å². The SMILES string of the molecule is COC(=O)C1=c2s/c(=C\c3ccc(Br)cc3)c(=O)n2C(N)=C(C#N)[C@@H]1c1ccc(Br)cc1. The standard InChI is InChI=1S/C23H15Br2N3O3S/c1-31-23(30)19-18(13-4-8-15(25)9-5-13)16(11-26)20(27)28-21(29)17(32-22(19)28)10-12-2-6-14(24)7-3-12/h2-10,18H,27H2,1H3/b17-10-/t18-/m0/s1. The number of nitrogens with zero attached hydrogens (tertiary/aromatic N) is 2. The predicted octanol–water partition coefficient (Wildman–Crippen LogP) is 3.04. The maximum absolute atomic E-state index is 13.2. The van der Waals surface area contributed by atoms with Gasteiger partial charge in [-0.2, -0.15) is 5.26 Å². The second-order valence-electron chi connectivity index (χ2n) is 6.91. The van der Waals surface area contributed by atoms with E-state index in [4.69, 9.17) is 10.5 Å². The second-order valence-corrected chi connectivity index (χ2v) is 9.77. The molecule has 0 unspecified atom stereocenters. The molecule has 1 aromatic heterocycles. The van der Waals surface area contributed by atoms with Crippen LogP contribution in [0.3, 0.4) is 0 Å². The largest absolute Gasteiger partial charge is 0.466 e. The van der Waals surface area contributed by atoms with Gasteiger partial charge in [0.05, 0.1) is 34.8 Å². The summed E-state index contributed by atoms with van der Waals surface area (Å²) >= 11 is 7.93. The van der Waals surface area contributed by atoms with Crippen LogP contribution in [0.25, 0.3) is 17.5 Å². The molecule has 2 N–H and O–H groups in total. The van der Waals surface area contributed by atoms with Crippen molar-refractivity contribution in [1.29, 1.82) is 5.26 Å². The van der Waals surface area contributed by atoms with E-state index in [1.807, 2.05) is 36.4 Å². The molecule has 2 aromatic carbocycles. The summed E-state index contributed by atoms with van der Waals surface area (Å²) in [5, 5.41) is 9.92. The minimum Gasteiger partial charge on any atom is -0.466 e. The van der Waals surface area contributed by atoms with E-state index in [0.29, 0.717) is 14.8 Å². The average Bonchev–Trinajstić information content (AvgIpc) is 3.11. The normalized spacial score (nSPS) is 16.0.